The van der Waals surface area contributed by atoms with Gasteiger partial charge in [-0.2, -0.15) is 0 Å². The highest BCUT2D eigenvalue weighted by Gasteiger charge is 2.08. The molecule has 0 bridgehead atoms. The first kappa shape index (κ1) is 8.64. The van der Waals surface area contributed by atoms with E-state index in [-0.39, 0.29) is 0 Å². The molecule has 1 aromatic rings. The van der Waals surface area contributed by atoms with Gasteiger partial charge in [0.1, 0.15) is 0 Å². The van der Waals surface area contributed by atoms with Crippen molar-refractivity contribution >= 4 is 25.0 Å². The average molecular weight is 243 g/mol. The van der Waals surface area contributed by atoms with Crippen molar-refractivity contribution in [1.29, 1.82) is 0 Å². The van der Waals surface area contributed by atoms with E-state index in [2.05, 4.69) is 33.0 Å². The summed E-state index contributed by atoms with van der Waals surface area (Å²) in [5.41, 5.74) is 3.12. The maximum absolute atomic E-state index is 3.40. The first-order valence-corrected chi connectivity index (χ1v) is 6.96. The van der Waals surface area contributed by atoms with Crippen molar-refractivity contribution in [3.8, 4) is 0 Å². The molecule has 1 aliphatic carbocycles. The molecule has 0 unspecified atom stereocenters. The van der Waals surface area contributed by atoms with Crippen LogP contribution in [-0.4, -0.2) is 0 Å². The molecule has 0 saturated carbocycles. The van der Waals surface area contributed by atoms with Crippen molar-refractivity contribution in [3.05, 3.63) is 29.3 Å². The van der Waals surface area contributed by atoms with E-state index in [9.17, 15) is 0 Å². The second-order valence-electron chi connectivity index (χ2n) is 3.21. The normalized spacial score (nSPS) is 15.8. The molecule has 1 aromatic carbocycles. The van der Waals surface area contributed by atoms with Crippen LogP contribution in [0.4, 0.5) is 0 Å². The molecular weight excluding hydrogens is 232 g/mol. The molecule has 64 valence electrons. The lowest BCUT2D eigenvalue weighted by molar-refractivity contribution is 0.684. The van der Waals surface area contributed by atoms with Crippen LogP contribution in [0.5, 0.6) is 0 Å². The summed E-state index contributed by atoms with van der Waals surface area (Å²) >= 11 is 3.40. The number of aryl methyl sites for hydroxylation is 2. The van der Waals surface area contributed by atoms with Gasteiger partial charge in [0.15, 0.2) is 0 Å². The van der Waals surface area contributed by atoms with E-state index < -0.39 is 0 Å². The lowest BCUT2D eigenvalue weighted by Crippen LogP contribution is -2.01. The molecular formula is C10H11BrS. The van der Waals surface area contributed by atoms with Crippen LogP contribution in [0.2, 0.25) is 0 Å². The van der Waals surface area contributed by atoms with Crippen molar-refractivity contribution in [3.63, 3.8) is 0 Å². The summed E-state index contributed by atoms with van der Waals surface area (Å²) in [6.07, 6.45) is 5.29. The molecule has 0 nitrogen and oxygen atoms in total. The van der Waals surface area contributed by atoms with Gasteiger partial charge in [0.25, 0.3) is 0 Å². The molecule has 0 aliphatic heterocycles. The highest BCUT2D eigenvalue weighted by Crippen LogP contribution is 2.29. The van der Waals surface area contributed by atoms with Crippen LogP contribution >= 0.6 is 25.0 Å². The van der Waals surface area contributed by atoms with Gasteiger partial charge in [-0.3, -0.25) is 0 Å². The predicted octanol–water partition coefficient (Wildman–Crippen LogP) is 3.97. The lowest BCUT2D eigenvalue weighted by atomic mass is 9.92. The van der Waals surface area contributed by atoms with Gasteiger partial charge in [0.05, 0.1) is 0 Å². The van der Waals surface area contributed by atoms with Crippen LogP contribution in [0.25, 0.3) is 0 Å². The molecule has 0 atom stereocenters. The van der Waals surface area contributed by atoms with Crippen molar-refractivity contribution < 1.29 is 0 Å². The molecule has 0 N–H and O–H groups in total. The fraction of sp³-hybridized carbons (Fsp3) is 0.400. The summed E-state index contributed by atoms with van der Waals surface area (Å²) < 4.78 is 0. The summed E-state index contributed by atoms with van der Waals surface area (Å²) in [5, 5.41) is 0. The van der Waals surface area contributed by atoms with Crippen LogP contribution in [0.1, 0.15) is 24.0 Å². The maximum Gasteiger partial charge on any atom is 0.0191 e. The molecule has 0 spiro atoms. The largest absolute Gasteiger partial charge is 0.0576 e. The Bertz CT molecular complexity index is 283. The molecule has 0 amide bonds. The van der Waals surface area contributed by atoms with Gasteiger partial charge < -0.3 is 0 Å². The molecule has 0 radical (unpaired) electrons. The fourth-order valence-corrected chi connectivity index (χ4v) is 2.67. The van der Waals surface area contributed by atoms with Crippen LogP contribution in [0, 0.1) is 0 Å². The van der Waals surface area contributed by atoms with Crippen molar-refractivity contribution in [2.75, 3.05) is 0 Å². The second-order valence-corrected chi connectivity index (χ2v) is 4.81. The van der Waals surface area contributed by atoms with Crippen molar-refractivity contribution in [2.24, 2.45) is 0 Å². The summed E-state index contributed by atoms with van der Waals surface area (Å²) in [6.45, 7) is 0. The van der Waals surface area contributed by atoms with E-state index in [0.717, 1.165) is 0 Å². The average Bonchev–Trinajstić information content (AvgIpc) is 2.17. The third-order valence-electron chi connectivity index (χ3n) is 2.41. The quantitative estimate of drug-likeness (QED) is 0.719. The van der Waals surface area contributed by atoms with Crippen LogP contribution < -0.4 is 0 Å². The third kappa shape index (κ3) is 1.69. The molecule has 2 heteroatoms. The molecule has 1 aliphatic rings. The second kappa shape index (κ2) is 3.84. The Labute approximate surface area is 85.0 Å². The Balaban J connectivity index is 2.36. The number of halogens is 1. The Morgan fingerprint density at radius 1 is 1.08 bits per heavy atom. The van der Waals surface area contributed by atoms with Gasteiger partial charge in [0.2, 0.25) is 0 Å². The Hall–Kier alpha value is 0.0500. The van der Waals surface area contributed by atoms with E-state index in [4.69, 9.17) is 0 Å². The van der Waals surface area contributed by atoms with Gasteiger partial charge in [-0.15, -0.1) is 0 Å². The van der Waals surface area contributed by atoms with E-state index in [1.165, 1.54) is 30.6 Å². The molecule has 0 fully saturated rings. The minimum absolute atomic E-state index is 1.27. The highest BCUT2D eigenvalue weighted by molar-refractivity contribution is 9.50. The van der Waals surface area contributed by atoms with Crippen molar-refractivity contribution in [2.45, 2.75) is 30.6 Å². The molecule has 0 aromatic heterocycles. The van der Waals surface area contributed by atoms with Gasteiger partial charge in [-0.1, -0.05) is 6.07 Å². The van der Waals surface area contributed by atoms with Gasteiger partial charge in [-0.05, 0) is 74.0 Å². The SMILES string of the molecule is BrSc1ccc2c(c1)CCCC2. The smallest absolute Gasteiger partial charge is 0.0191 e. The topological polar surface area (TPSA) is 0 Å². The van der Waals surface area contributed by atoms with Crippen LogP contribution in [0.3, 0.4) is 0 Å². The monoisotopic (exact) mass is 242 g/mol. The van der Waals surface area contributed by atoms with Crippen LogP contribution in [-0.2, 0) is 12.8 Å². The lowest BCUT2D eigenvalue weighted by Gasteiger charge is -2.15. The summed E-state index contributed by atoms with van der Waals surface area (Å²) in [6, 6.07) is 6.79. The minimum Gasteiger partial charge on any atom is -0.0576 e. The highest BCUT2D eigenvalue weighted by atomic mass is 79.9. The number of hydrogen-bond donors (Lipinski definition) is 0. The Morgan fingerprint density at radius 2 is 1.83 bits per heavy atom. The standard InChI is InChI=1S/C10H11BrS/c11-12-10-6-5-8-3-1-2-4-9(8)7-10/h5-7H,1-4H2. The van der Waals surface area contributed by atoms with Gasteiger partial charge >= 0.3 is 0 Å². The number of fused-ring (bicyclic) bond motifs is 1. The minimum atomic E-state index is 1.27. The zero-order valence-electron chi connectivity index (χ0n) is 6.85. The molecule has 0 saturated heterocycles. The van der Waals surface area contributed by atoms with E-state index in [1.807, 2.05) is 0 Å². The number of rotatable bonds is 1. The van der Waals surface area contributed by atoms with E-state index in [0.29, 0.717) is 0 Å². The summed E-state index contributed by atoms with van der Waals surface area (Å²) in [7, 11) is 1.65. The Kier molecular flexibility index (Phi) is 2.76. The summed E-state index contributed by atoms with van der Waals surface area (Å²) in [5.74, 6) is 0. The molecule has 12 heavy (non-hydrogen) atoms. The predicted molar refractivity (Wildman–Crippen MR) is 57.9 cm³/mol. The molecule has 0 heterocycles. The maximum atomic E-state index is 3.40. The fourth-order valence-electron chi connectivity index (χ4n) is 1.76. The molecule has 2 rings (SSSR count). The van der Waals surface area contributed by atoms with Crippen molar-refractivity contribution in [1.82, 2.24) is 0 Å². The summed E-state index contributed by atoms with van der Waals surface area (Å²) in [4.78, 5) is 1.33. The zero-order valence-corrected chi connectivity index (χ0v) is 9.25. The number of benzene rings is 1. The van der Waals surface area contributed by atoms with Gasteiger partial charge in [-0.25, -0.2) is 0 Å². The zero-order chi connectivity index (χ0) is 8.39. The van der Waals surface area contributed by atoms with E-state index in [1.54, 1.807) is 21.3 Å². The van der Waals surface area contributed by atoms with Crippen LogP contribution in [0.15, 0.2) is 23.1 Å². The Morgan fingerprint density at radius 3 is 2.58 bits per heavy atom. The number of hydrogen-bond acceptors (Lipinski definition) is 1. The van der Waals surface area contributed by atoms with E-state index >= 15 is 0 Å². The first-order chi connectivity index (χ1) is 5.90. The third-order valence-corrected chi connectivity index (χ3v) is 3.96. The first-order valence-electron chi connectivity index (χ1n) is 4.30. The van der Waals surface area contributed by atoms with Gasteiger partial charge in [0, 0.05) is 4.90 Å².